The summed E-state index contributed by atoms with van der Waals surface area (Å²) in [6, 6.07) is 3.70. The number of likely N-dealkylation sites (tertiary alicyclic amines) is 2. The number of hydrogen-bond acceptors (Lipinski definition) is 5. The van der Waals surface area contributed by atoms with Crippen LogP contribution in [0.5, 0.6) is 0 Å². The van der Waals surface area contributed by atoms with Gasteiger partial charge in [-0.1, -0.05) is 11.6 Å². The molecular formula is C22H22ClF3N6. The molecule has 10 heteroatoms. The molecule has 0 aromatic carbocycles. The topological polar surface area (TPSA) is 61.0 Å². The highest BCUT2D eigenvalue weighted by molar-refractivity contribution is 6.37. The van der Waals surface area contributed by atoms with E-state index in [9.17, 15) is 18.4 Å². The van der Waals surface area contributed by atoms with Crippen molar-refractivity contribution in [2.24, 2.45) is 5.41 Å². The van der Waals surface area contributed by atoms with Crippen LogP contribution in [0.4, 0.5) is 13.2 Å². The lowest BCUT2D eigenvalue weighted by Gasteiger charge is -2.53. The summed E-state index contributed by atoms with van der Waals surface area (Å²) in [5.74, 6) is 0. The van der Waals surface area contributed by atoms with Crippen molar-refractivity contribution in [1.82, 2.24) is 24.3 Å². The number of pyridine rings is 2. The van der Waals surface area contributed by atoms with Crippen molar-refractivity contribution >= 4 is 33.5 Å². The smallest absolute Gasteiger partial charge is 0.327 e. The number of piperidine rings is 1. The Morgan fingerprint density at radius 1 is 1.19 bits per heavy atom. The maximum atomic E-state index is 13.3. The molecule has 6 nitrogen and oxygen atoms in total. The number of fused-ring (bicyclic) bond motifs is 3. The highest BCUT2D eigenvalue weighted by atomic mass is 35.5. The Morgan fingerprint density at radius 2 is 1.91 bits per heavy atom. The fraction of sp³-hybridized carbons (Fsp3) is 0.500. The maximum Gasteiger partial charge on any atom is 0.406 e. The van der Waals surface area contributed by atoms with E-state index in [1.54, 1.807) is 6.07 Å². The van der Waals surface area contributed by atoms with Crippen molar-refractivity contribution < 1.29 is 13.2 Å². The van der Waals surface area contributed by atoms with Gasteiger partial charge in [-0.3, -0.25) is 14.9 Å². The molecule has 0 aliphatic carbocycles. The van der Waals surface area contributed by atoms with Gasteiger partial charge in [0, 0.05) is 31.2 Å². The van der Waals surface area contributed by atoms with Gasteiger partial charge in [0.1, 0.15) is 12.6 Å². The van der Waals surface area contributed by atoms with E-state index in [2.05, 4.69) is 26.8 Å². The average Bonchev–Trinajstić information content (AvgIpc) is 3.01. The average molecular weight is 463 g/mol. The van der Waals surface area contributed by atoms with Crippen molar-refractivity contribution in [2.75, 3.05) is 33.2 Å². The zero-order chi connectivity index (χ0) is 22.7. The van der Waals surface area contributed by atoms with E-state index in [-0.39, 0.29) is 16.1 Å². The Balaban J connectivity index is 1.49. The van der Waals surface area contributed by atoms with E-state index < -0.39 is 12.7 Å². The molecule has 5 heterocycles. The Bertz CT molecular complexity index is 1230. The van der Waals surface area contributed by atoms with Gasteiger partial charge in [0.15, 0.2) is 0 Å². The van der Waals surface area contributed by atoms with Crippen LogP contribution in [0.1, 0.15) is 24.1 Å². The van der Waals surface area contributed by atoms with E-state index in [1.807, 2.05) is 6.07 Å². The van der Waals surface area contributed by atoms with Crippen LogP contribution in [-0.4, -0.2) is 63.7 Å². The third kappa shape index (κ3) is 3.70. The van der Waals surface area contributed by atoms with Crippen LogP contribution in [0, 0.1) is 16.7 Å². The standard InChI is InChI=1S/C22H22ClF3N6/c1-30-11-21(12-30)2-4-31(5-3-21)10-15-6-16-17(9-28-15)32(13-22(24,25)26)20-18(23)14(7-27)8-29-19(16)20/h6,8-9H,2-5,10-13H2,1H3. The van der Waals surface area contributed by atoms with E-state index >= 15 is 0 Å². The second kappa shape index (κ2) is 7.58. The van der Waals surface area contributed by atoms with Crippen molar-refractivity contribution in [3.63, 3.8) is 0 Å². The van der Waals surface area contributed by atoms with Crippen LogP contribution in [0.15, 0.2) is 18.5 Å². The Morgan fingerprint density at radius 3 is 2.53 bits per heavy atom. The molecule has 0 amide bonds. The summed E-state index contributed by atoms with van der Waals surface area (Å²) < 4.78 is 41.0. The van der Waals surface area contributed by atoms with Crippen LogP contribution >= 0.6 is 11.6 Å². The molecule has 3 aromatic rings. The first-order valence-electron chi connectivity index (χ1n) is 10.5. The molecule has 0 atom stereocenters. The molecule has 0 unspecified atom stereocenters. The molecule has 2 saturated heterocycles. The van der Waals surface area contributed by atoms with Crippen LogP contribution < -0.4 is 0 Å². The van der Waals surface area contributed by atoms with Crippen molar-refractivity contribution in [3.05, 3.63) is 34.7 Å². The molecule has 2 aliphatic rings. The monoisotopic (exact) mass is 462 g/mol. The first-order chi connectivity index (χ1) is 15.2. The summed E-state index contributed by atoms with van der Waals surface area (Å²) >= 11 is 6.32. The second-order valence-electron chi connectivity index (χ2n) is 9.14. The van der Waals surface area contributed by atoms with Gasteiger partial charge >= 0.3 is 6.18 Å². The number of aromatic nitrogens is 3. The first kappa shape index (κ1) is 21.4. The quantitative estimate of drug-likeness (QED) is 0.584. The molecule has 2 fully saturated rings. The number of alkyl halides is 3. The van der Waals surface area contributed by atoms with Gasteiger partial charge in [0.25, 0.3) is 0 Å². The molecule has 2 aliphatic heterocycles. The predicted octanol–water partition coefficient (Wildman–Crippen LogP) is 4.20. The molecular weight excluding hydrogens is 441 g/mol. The summed E-state index contributed by atoms with van der Waals surface area (Å²) in [6.45, 7) is 3.69. The third-order valence-electron chi connectivity index (χ3n) is 6.72. The van der Waals surface area contributed by atoms with Gasteiger partial charge in [0.2, 0.25) is 0 Å². The molecule has 32 heavy (non-hydrogen) atoms. The minimum Gasteiger partial charge on any atom is -0.327 e. The number of rotatable bonds is 3. The van der Waals surface area contributed by atoms with Crippen molar-refractivity contribution in [3.8, 4) is 6.07 Å². The van der Waals surface area contributed by atoms with E-state index in [0.717, 1.165) is 49.3 Å². The highest BCUT2D eigenvalue weighted by Gasteiger charge is 2.43. The molecule has 0 N–H and O–H groups in total. The fourth-order valence-electron chi connectivity index (χ4n) is 5.28. The van der Waals surface area contributed by atoms with Gasteiger partial charge in [-0.2, -0.15) is 18.4 Å². The van der Waals surface area contributed by atoms with Crippen molar-refractivity contribution in [1.29, 1.82) is 5.26 Å². The molecule has 0 radical (unpaired) electrons. The van der Waals surface area contributed by atoms with Gasteiger partial charge in [-0.25, -0.2) is 0 Å². The minimum atomic E-state index is -4.46. The Labute approximate surface area is 188 Å². The van der Waals surface area contributed by atoms with Gasteiger partial charge in [-0.15, -0.1) is 0 Å². The number of hydrogen-bond donors (Lipinski definition) is 0. The summed E-state index contributed by atoms with van der Waals surface area (Å²) in [4.78, 5) is 13.4. The molecule has 0 bridgehead atoms. The first-order valence-corrected chi connectivity index (χ1v) is 10.9. The SMILES string of the molecule is CN1CC2(CCN(Cc3cc4c5ncc(C#N)c(Cl)c5n(CC(F)(F)F)c4cn3)CC2)C1. The van der Waals surface area contributed by atoms with Gasteiger partial charge in [0.05, 0.1) is 39.0 Å². The molecule has 3 aromatic heterocycles. The van der Waals surface area contributed by atoms with Crippen molar-refractivity contribution in [2.45, 2.75) is 32.1 Å². The molecule has 168 valence electrons. The molecule has 0 saturated carbocycles. The highest BCUT2D eigenvalue weighted by Crippen LogP contribution is 2.40. The minimum absolute atomic E-state index is 0.0219. The Hall–Kier alpha value is -2.41. The lowest BCUT2D eigenvalue weighted by molar-refractivity contribution is -0.139. The van der Waals surface area contributed by atoms with Crippen LogP contribution in [0.3, 0.4) is 0 Å². The largest absolute Gasteiger partial charge is 0.406 e. The lowest BCUT2D eigenvalue weighted by Crippen LogP contribution is -2.58. The van der Waals surface area contributed by atoms with E-state index in [1.165, 1.54) is 12.4 Å². The number of nitrogens with zero attached hydrogens (tertiary/aromatic N) is 6. The summed E-state index contributed by atoms with van der Waals surface area (Å²) in [6.07, 6.45) is 0.620. The van der Waals surface area contributed by atoms with E-state index in [0.29, 0.717) is 28.4 Å². The maximum absolute atomic E-state index is 13.3. The normalized spacial score (nSPS) is 19.5. The van der Waals surface area contributed by atoms with Crippen LogP contribution in [-0.2, 0) is 13.1 Å². The van der Waals surface area contributed by atoms with Crippen LogP contribution in [0.2, 0.25) is 5.02 Å². The lowest BCUT2D eigenvalue weighted by atomic mass is 9.72. The Kier molecular flexibility index (Phi) is 5.08. The summed E-state index contributed by atoms with van der Waals surface area (Å²) in [7, 11) is 2.14. The summed E-state index contributed by atoms with van der Waals surface area (Å²) in [5.41, 5.74) is 2.06. The molecule has 5 rings (SSSR count). The number of halogens is 4. The third-order valence-corrected chi connectivity index (χ3v) is 7.10. The van der Waals surface area contributed by atoms with Crippen LogP contribution in [0.25, 0.3) is 21.9 Å². The predicted molar refractivity (Wildman–Crippen MR) is 115 cm³/mol. The van der Waals surface area contributed by atoms with Gasteiger partial charge < -0.3 is 9.47 Å². The van der Waals surface area contributed by atoms with Gasteiger partial charge in [-0.05, 0) is 44.5 Å². The fourth-order valence-corrected chi connectivity index (χ4v) is 5.56. The summed E-state index contributed by atoms with van der Waals surface area (Å²) in [5, 5.41) is 9.79. The van der Waals surface area contributed by atoms with E-state index in [4.69, 9.17) is 11.6 Å². The second-order valence-corrected chi connectivity index (χ2v) is 9.52. The number of nitriles is 1. The zero-order valence-corrected chi connectivity index (χ0v) is 18.3. The molecule has 1 spiro atoms. The zero-order valence-electron chi connectivity index (χ0n) is 17.6.